The van der Waals surface area contributed by atoms with Crippen molar-refractivity contribution in [3.8, 4) is 0 Å². The molecule has 16 heavy (non-hydrogen) atoms. The topological polar surface area (TPSA) is 51.1 Å². The number of rotatable bonds is 4. The van der Waals surface area contributed by atoms with E-state index in [1.807, 2.05) is 6.21 Å². The molecule has 0 aliphatic carbocycles. The van der Waals surface area contributed by atoms with E-state index < -0.39 is 0 Å². The van der Waals surface area contributed by atoms with Crippen molar-refractivity contribution in [1.29, 1.82) is 0 Å². The van der Waals surface area contributed by atoms with Gasteiger partial charge in [0, 0.05) is 25.8 Å². The molecular weight excluding hydrogens is 208 g/mol. The summed E-state index contributed by atoms with van der Waals surface area (Å²) < 4.78 is 10.0. The number of nitrogens with zero attached hydrogens (tertiary/aromatic N) is 2. The van der Waals surface area contributed by atoms with Crippen molar-refractivity contribution < 1.29 is 14.3 Å². The number of hydrogen-bond acceptors (Lipinski definition) is 5. The van der Waals surface area contributed by atoms with E-state index in [-0.39, 0.29) is 11.9 Å². The lowest BCUT2D eigenvalue weighted by Gasteiger charge is -2.20. The van der Waals surface area contributed by atoms with Gasteiger partial charge >= 0.3 is 5.97 Å². The highest BCUT2D eigenvalue weighted by atomic mass is 16.5. The summed E-state index contributed by atoms with van der Waals surface area (Å²) in [5.41, 5.74) is 0. The Bertz CT molecular complexity index is 280. The highest BCUT2D eigenvalue weighted by Gasteiger charge is 2.25. The fraction of sp³-hybridized carbons (Fsp3) is 0.818. The molecule has 5 heteroatoms. The summed E-state index contributed by atoms with van der Waals surface area (Å²) in [6.07, 6.45) is 4.60. The summed E-state index contributed by atoms with van der Waals surface area (Å²) in [6.45, 7) is 2.18. The highest BCUT2D eigenvalue weighted by Crippen LogP contribution is 2.18. The van der Waals surface area contributed by atoms with Gasteiger partial charge in [-0.05, 0) is 12.8 Å². The third-order valence-corrected chi connectivity index (χ3v) is 3.02. The molecule has 0 saturated carbocycles. The van der Waals surface area contributed by atoms with Gasteiger partial charge in [-0.1, -0.05) is 0 Å². The van der Waals surface area contributed by atoms with Gasteiger partial charge in [-0.2, -0.15) is 5.10 Å². The molecule has 5 nitrogen and oxygen atoms in total. The van der Waals surface area contributed by atoms with E-state index in [0.717, 1.165) is 26.0 Å². The SMILES string of the molecule is COC[C@@H]1CCCN1/N=C/[C@@H]1COC(=O)C1. The first-order valence-corrected chi connectivity index (χ1v) is 5.75. The third-order valence-electron chi connectivity index (χ3n) is 3.02. The third kappa shape index (κ3) is 2.72. The second-order valence-electron chi connectivity index (χ2n) is 4.33. The Morgan fingerprint density at radius 1 is 1.69 bits per heavy atom. The Labute approximate surface area is 95.4 Å². The lowest BCUT2D eigenvalue weighted by Crippen LogP contribution is -2.28. The number of hydrogen-bond donors (Lipinski definition) is 0. The van der Waals surface area contributed by atoms with Crippen LogP contribution in [-0.2, 0) is 14.3 Å². The van der Waals surface area contributed by atoms with Crippen LogP contribution in [0.15, 0.2) is 5.10 Å². The minimum absolute atomic E-state index is 0.119. The summed E-state index contributed by atoms with van der Waals surface area (Å²) in [5, 5.41) is 6.50. The number of cyclic esters (lactones) is 1. The van der Waals surface area contributed by atoms with Gasteiger partial charge in [0.25, 0.3) is 0 Å². The summed E-state index contributed by atoms with van der Waals surface area (Å²) in [5.74, 6) is 0.0302. The molecule has 0 N–H and O–H groups in total. The molecule has 2 atom stereocenters. The first-order valence-electron chi connectivity index (χ1n) is 5.75. The standard InChI is InChI=1S/C11H18N2O3/c1-15-8-10-3-2-4-13(10)12-6-9-5-11(14)16-7-9/h6,9-10H,2-5,7-8H2,1H3/b12-6+/t9-,10+/m1/s1. The van der Waals surface area contributed by atoms with Crippen molar-refractivity contribution >= 4 is 12.2 Å². The molecule has 0 spiro atoms. The number of methoxy groups -OCH3 is 1. The van der Waals surface area contributed by atoms with Crippen LogP contribution in [0.5, 0.6) is 0 Å². The molecule has 0 amide bonds. The van der Waals surface area contributed by atoms with Crippen molar-refractivity contribution in [2.75, 3.05) is 26.9 Å². The molecule has 0 radical (unpaired) electrons. The van der Waals surface area contributed by atoms with Crippen molar-refractivity contribution in [2.24, 2.45) is 11.0 Å². The molecule has 90 valence electrons. The van der Waals surface area contributed by atoms with Crippen molar-refractivity contribution in [3.63, 3.8) is 0 Å². The number of carbonyl (C=O) groups is 1. The van der Waals surface area contributed by atoms with Crippen molar-refractivity contribution in [3.05, 3.63) is 0 Å². The van der Waals surface area contributed by atoms with Gasteiger partial charge in [0.05, 0.1) is 25.7 Å². The van der Waals surface area contributed by atoms with Gasteiger partial charge in [0.2, 0.25) is 0 Å². The normalized spacial score (nSPS) is 30.3. The van der Waals surface area contributed by atoms with E-state index >= 15 is 0 Å². The van der Waals surface area contributed by atoms with Gasteiger partial charge < -0.3 is 9.47 Å². The second kappa shape index (κ2) is 5.30. The number of carbonyl (C=O) groups excluding carboxylic acids is 1. The lowest BCUT2D eigenvalue weighted by atomic mass is 10.1. The summed E-state index contributed by atoms with van der Waals surface area (Å²) in [4.78, 5) is 10.9. The Kier molecular flexibility index (Phi) is 3.77. The zero-order valence-electron chi connectivity index (χ0n) is 9.59. The fourth-order valence-electron chi connectivity index (χ4n) is 2.14. The van der Waals surface area contributed by atoms with Crippen LogP contribution in [-0.4, -0.2) is 50.1 Å². The average molecular weight is 226 g/mol. The van der Waals surface area contributed by atoms with E-state index in [1.165, 1.54) is 0 Å². The summed E-state index contributed by atoms with van der Waals surface area (Å²) in [7, 11) is 1.71. The molecule has 0 aromatic carbocycles. The molecule has 2 fully saturated rings. The Morgan fingerprint density at radius 3 is 3.25 bits per heavy atom. The van der Waals surface area contributed by atoms with Gasteiger partial charge in [-0.3, -0.25) is 9.80 Å². The first kappa shape index (κ1) is 11.4. The fourth-order valence-corrected chi connectivity index (χ4v) is 2.14. The zero-order valence-corrected chi connectivity index (χ0v) is 9.59. The molecule has 2 aliphatic rings. The van der Waals surface area contributed by atoms with Crippen LogP contribution < -0.4 is 0 Å². The molecule has 0 unspecified atom stereocenters. The van der Waals surface area contributed by atoms with E-state index in [4.69, 9.17) is 9.47 Å². The van der Waals surface area contributed by atoms with Gasteiger partial charge in [0.1, 0.15) is 0 Å². The highest BCUT2D eigenvalue weighted by molar-refractivity contribution is 5.78. The predicted molar refractivity (Wildman–Crippen MR) is 59.2 cm³/mol. The second-order valence-corrected chi connectivity index (χ2v) is 4.33. The quantitative estimate of drug-likeness (QED) is 0.521. The molecule has 2 saturated heterocycles. The Hall–Kier alpha value is -1.10. The Morgan fingerprint density at radius 2 is 2.56 bits per heavy atom. The van der Waals surface area contributed by atoms with Crippen LogP contribution in [0.4, 0.5) is 0 Å². The summed E-state index contributed by atoms with van der Waals surface area (Å²) in [6, 6.07) is 0.388. The maximum atomic E-state index is 10.9. The van der Waals surface area contributed by atoms with Crippen LogP contribution in [0.3, 0.4) is 0 Å². The monoisotopic (exact) mass is 226 g/mol. The van der Waals surface area contributed by atoms with Crippen LogP contribution in [0.2, 0.25) is 0 Å². The van der Waals surface area contributed by atoms with Gasteiger partial charge in [0.15, 0.2) is 0 Å². The van der Waals surface area contributed by atoms with Crippen LogP contribution >= 0.6 is 0 Å². The van der Waals surface area contributed by atoms with E-state index in [2.05, 4.69) is 10.1 Å². The first-order chi connectivity index (χ1) is 7.79. The van der Waals surface area contributed by atoms with Crippen LogP contribution in [0, 0.1) is 5.92 Å². The van der Waals surface area contributed by atoms with Crippen LogP contribution in [0.25, 0.3) is 0 Å². The average Bonchev–Trinajstić information content (AvgIpc) is 2.85. The maximum absolute atomic E-state index is 10.9. The van der Waals surface area contributed by atoms with Crippen molar-refractivity contribution in [1.82, 2.24) is 5.01 Å². The number of esters is 1. The molecule has 2 rings (SSSR count). The zero-order chi connectivity index (χ0) is 11.4. The largest absolute Gasteiger partial charge is 0.465 e. The molecule has 2 heterocycles. The minimum atomic E-state index is -0.119. The molecule has 2 aliphatic heterocycles. The number of ether oxygens (including phenoxy) is 2. The van der Waals surface area contributed by atoms with Gasteiger partial charge in [-0.15, -0.1) is 0 Å². The van der Waals surface area contributed by atoms with E-state index in [0.29, 0.717) is 19.1 Å². The molecular formula is C11H18N2O3. The Balaban J connectivity index is 1.83. The maximum Gasteiger partial charge on any atom is 0.306 e. The lowest BCUT2D eigenvalue weighted by molar-refractivity contribution is -0.137. The molecule has 0 aromatic heterocycles. The minimum Gasteiger partial charge on any atom is -0.465 e. The van der Waals surface area contributed by atoms with E-state index in [1.54, 1.807) is 7.11 Å². The predicted octanol–water partition coefficient (Wildman–Crippen LogP) is 0.646. The smallest absolute Gasteiger partial charge is 0.306 e. The van der Waals surface area contributed by atoms with E-state index in [9.17, 15) is 4.79 Å². The number of hydrazone groups is 1. The molecule has 0 aromatic rings. The van der Waals surface area contributed by atoms with Crippen molar-refractivity contribution in [2.45, 2.75) is 25.3 Å². The van der Waals surface area contributed by atoms with Gasteiger partial charge in [-0.25, -0.2) is 0 Å². The molecule has 0 bridgehead atoms. The van der Waals surface area contributed by atoms with Crippen LogP contribution in [0.1, 0.15) is 19.3 Å². The summed E-state index contributed by atoms with van der Waals surface area (Å²) >= 11 is 0.